The number of aryl methyl sites for hydroxylation is 1. The maximum absolute atomic E-state index is 14.1. The minimum atomic E-state index is -1.16. The Morgan fingerprint density at radius 3 is 2.43 bits per heavy atom. The van der Waals surface area contributed by atoms with Crippen molar-refractivity contribution in [3.8, 4) is 0 Å². The quantitative estimate of drug-likeness (QED) is 0.927. The van der Waals surface area contributed by atoms with Crippen molar-refractivity contribution in [1.29, 1.82) is 0 Å². The van der Waals surface area contributed by atoms with E-state index in [-0.39, 0.29) is 11.7 Å². The number of likely N-dealkylation sites (N-methyl/N-ethyl adjacent to an activating group) is 1. The van der Waals surface area contributed by atoms with Gasteiger partial charge in [0.15, 0.2) is 0 Å². The Hall–Kier alpha value is -2.15. The van der Waals surface area contributed by atoms with Crippen LogP contribution in [0.1, 0.15) is 19.4 Å². The minimum absolute atomic E-state index is 0.0440. The molecule has 6 nitrogen and oxygen atoms in total. The first kappa shape index (κ1) is 15.2. The number of hydrogen-bond acceptors (Lipinski definition) is 3. The van der Waals surface area contributed by atoms with Crippen LogP contribution in [0, 0.1) is 12.7 Å². The highest BCUT2D eigenvalue weighted by Gasteiger charge is 2.48. The van der Waals surface area contributed by atoms with Crippen LogP contribution in [0.15, 0.2) is 18.2 Å². The minimum Gasteiger partial charge on any atom is -0.479 e. The van der Waals surface area contributed by atoms with Gasteiger partial charge in [0.05, 0.1) is 5.69 Å². The number of hydrogen-bond donors (Lipinski definition) is 1. The average Bonchev–Trinajstić information content (AvgIpc) is 2.62. The predicted molar refractivity (Wildman–Crippen MR) is 75.2 cm³/mol. The third-order valence-electron chi connectivity index (χ3n) is 3.44. The molecule has 1 atom stereocenters. The van der Waals surface area contributed by atoms with E-state index in [1.54, 1.807) is 26.8 Å². The topological polar surface area (TPSA) is 64.1 Å². The second kappa shape index (κ2) is 5.33. The van der Waals surface area contributed by atoms with Gasteiger partial charge in [-0.05, 0) is 38.5 Å². The Balaban J connectivity index is 2.49. The lowest BCUT2D eigenvalue weighted by molar-refractivity contribution is -0.146. The third kappa shape index (κ3) is 2.44. The summed E-state index contributed by atoms with van der Waals surface area (Å²) in [5.74, 6) is -1.72. The highest BCUT2D eigenvalue weighted by molar-refractivity contribution is 5.97. The number of amides is 2. The molecule has 0 aliphatic carbocycles. The molecule has 1 aromatic rings. The molecule has 1 fully saturated rings. The number of carbonyl (C=O) groups is 2. The Bertz CT molecular complexity index is 591. The summed E-state index contributed by atoms with van der Waals surface area (Å²) in [6.45, 7) is 5.18. The zero-order valence-corrected chi connectivity index (χ0v) is 12.4. The molecule has 1 aliphatic heterocycles. The van der Waals surface area contributed by atoms with Crippen LogP contribution in [0.2, 0.25) is 0 Å². The van der Waals surface area contributed by atoms with E-state index in [9.17, 15) is 19.1 Å². The summed E-state index contributed by atoms with van der Waals surface area (Å²) in [5.41, 5.74) is 0.767. The number of carboxylic acids is 1. The lowest BCUT2D eigenvalue weighted by Gasteiger charge is -2.26. The normalized spacial score (nSPS) is 19.7. The smallest absolute Gasteiger partial charge is 0.343 e. The zero-order valence-electron chi connectivity index (χ0n) is 12.4. The van der Waals surface area contributed by atoms with E-state index < -0.39 is 24.0 Å². The van der Waals surface area contributed by atoms with Crippen molar-refractivity contribution >= 4 is 17.7 Å². The summed E-state index contributed by atoms with van der Waals surface area (Å²) in [6, 6.07) is 3.58. The third-order valence-corrected chi connectivity index (χ3v) is 3.44. The molecule has 0 bridgehead atoms. The van der Waals surface area contributed by atoms with Gasteiger partial charge in [-0.3, -0.25) is 4.90 Å². The molecule has 2 amide bonds. The van der Waals surface area contributed by atoms with E-state index in [2.05, 4.69) is 0 Å². The number of carbonyl (C=O) groups excluding carboxylic acids is 1. The van der Waals surface area contributed by atoms with E-state index in [1.807, 2.05) is 0 Å². The number of halogens is 1. The molecule has 0 saturated carbocycles. The molecular formula is C14H18FN3O3. The SMILES string of the molecule is Cc1ccc(N2C(=O)N(C(C)C)C(C(=O)O)N2C)c(F)c1. The van der Waals surface area contributed by atoms with Crippen LogP contribution in [-0.2, 0) is 4.79 Å². The van der Waals surface area contributed by atoms with Crippen molar-refractivity contribution in [2.75, 3.05) is 12.1 Å². The first-order chi connectivity index (χ1) is 9.75. The molecule has 7 heteroatoms. The molecule has 0 radical (unpaired) electrons. The summed E-state index contributed by atoms with van der Waals surface area (Å²) >= 11 is 0. The van der Waals surface area contributed by atoms with Crippen LogP contribution < -0.4 is 5.01 Å². The molecule has 21 heavy (non-hydrogen) atoms. The van der Waals surface area contributed by atoms with Gasteiger partial charge >= 0.3 is 12.0 Å². The summed E-state index contributed by atoms with van der Waals surface area (Å²) in [7, 11) is 1.46. The summed E-state index contributed by atoms with van der Waals surface area (Å²) in [5, 5.41) is 11.6. The number of carboxylic acid groups (broad SMARTS) is 1. The lowest BCUT2D eigenvalue weighted by atomic mass is 10.2. The van der Waals surface area contributed by atoms with Crippen molar-refractivity contribution in [2.24, 2.45) is 0 Å². The van der Waals surface area contributed by atoms with Crippen molar-refractivity contribution in [3.05, 3.63) is 29.6 Å². The van der Waals surface area contributed by atoms with Crippen LogP contribution in [0.3, 0.4) is 0 Å². The number of benzene rings is 1. The van der Waals surface area contributed by atoms with Crippen LogP contribution in [0.4, 0.5) is 14.9 Å². The summed E-state index contributed by atoms with van der Waals surface area (Å²) in [6.07, 6.45) is -1.15. The number of rotatable bonds is 3. The monoisotopic (exact) mass is 295 g/mol. The Kier molecular flexibility index (Phi) is 3.87. The first-order valence-corrected chi connectivity index (χ1v) is 6.59. The van der Waals surface area contributed by atoms with Gasteiger partial charge < -0.3 is 5.11 Å². The molecule has 1 aliphatic rings. The Morgan fingerprint density at radius 2 is 2.00 bits per heavy atom. The highest BCUT2D eigenvalue weighted by atomic mass is 19.1. The molecule has 0 aromatic heterocycles. The fourth-order valence-electron chi connectivity index (χ4n) is 2.48. The molecular weight excluding hydrogens is 277 g/mol. The van der Waals surface area contributed by atoms with Gasteiger partial charge in [0, 0.05) is 13.1 Å². The van der Waals surface area contributed by atoms with E-state index in [1.165, 1.54) is 29.1 Å². The molecule has 2 rings (SSSR count). The molecule has 1 heterocycles. The van der Waals surface area contributed by atoms with E-state index in [0.717, 1.165) is 10.6 Å². The molecule has 0 spiro atoms. The maximum atomic E-state index is 14.1. The number of aliphatic carboxylic acids is 1. The molecule has 1 N–H and O–H groups in total. The zero-order chi connectivity index (χ0) is 15.9. The van der Waals surface area contributed by atoms with E-state index in [4.69, 9.17) is 0 Å². The number of hydrazine groups is 1. The maximum Gasteiger partial charge on any atom is 0.343 e. The van der Waals surface area contributed by atoms with Gasteiger partial charge in [-0.15, -0.1) is 0 Å². The largest absolute Gasteiger partial charge is 0.479 e. The molecule has 1 saturated heterocycles. The lowest BCUT2D eigenvalue weighted by Crippen LogP contribution is -2.47. The molecule has 114 valence electrons. The van der Waals surface area contributed by atoms with Crippen molar-refractivity contribution < 1.29 is 19.1 Å². The summed E-state index contributed by atoms with van der Waals surface area (Å²) in [4.78, 5) is 25.1. The number of nitrogens with zero attached hydrogens (tertiary/aromatic N) is 3. The van der Waals surface area contributed by atoms with E-state index >= 15 is 0 Å². The summed E-state index contributed by atoms with van der Waals surface area (Å²) < 4.78 is 14.1. The molecule has 1 aromatic carbocycles. The van der Waals surface area contributed by atoms with Crippen molar-refractivity contribution in [1.82, 2.24) is 9.91 Å². The van der Waals surface area contributed by atoms with Gasteiger partial charge in [-0.25, -0.2) is 19.0 Å². The number of urea groups is 1. The van der Waals surface area contributed by atoms with E-state index in [0.29, 0.717) is 0 Å². The fourth-order valence-corrected chi connectivity index (χ4v) is 2.48. The second-order valence-corrected chi connectivity index (χ2v) is 5.34. The van der Waals surface area contributed by atoms with Crippen LogP contribution in [0.25, 0.3) is 0 Å². The van der Waals surface area contributed by atoms with Gasteiger partial charge in [0.1, 0.15) is 5.82 Å². The van der Waals surface area contributed by atoms with Crippen molar-refractivity contribution in [3.63, 3.8) is 0 Å². The van der Waals surface area contributed by atoms with Gasteiger partial charge in [0.25, 0.3) is 0 Å². The van der Waals surface area contributed by atoms with Gasteiger partial charge in [0.2, 0.25) is 6.17 Å². The van der Waals surface area contributed by atoms with Gasteiger partial charge in [-0.2, -0.15) is 5.01 Å². The fraction of sp³-hybridized carbons (Fsp3) is 0.429. The van der Waals surface area contributed by atoms with Crippen LogP contribution >= 0.6 is 0 Å². The standard InChI is InChI=1S/C14H18FN3O3/c1-8(2)17-12(13(19)20)16(4)18(14(17)21)11-6-5-9(3)7-10(11)15/h5-8,12H,1-4H3,(H,19,20). The second-order valence-electron chi connectivity index (χ2n) is 5.34. The molecule has 1 unspecified atom stereocenters. The predicted octanol–water partition coefficient (Wildman–Crippen LogP) is 2.04. The van der Waals surface area contributed by atoms with Crippen LogP contribution in [0.5, 0.6) is 0 Å². The first-order valence-electron chi connectivity index (χ1n) is 6.59. The average molecular weight is 295 g/mol. The Morgan fingerprint density at radius 1 is 1.38 bits per heavy atom. The van der Waals surface area contributed by atoms with Crippen molar-refractivity contribution in [2.45, 2.75) is 33.0 Å². The number of anilines is 1. The Labute approximate surface area is 122 Å². The van der Waals surface area contributed by atoms with Gasteiger partial charge in [-0.1, -0.05) is 6.07 Å². The van der Waals surface area contributed by atoms with Crippen LogP contribution in [-0.4, -0.2) is 46.3 Å². The highest BCUT2D eigenvalue weighted by Crippen LogP contribution is 2.30.